The van der Waals surface area contributed by atoms with E-state index in [1.165, 1.54) is 25.7 Å². The van der Waals surface area contributed by atoms with Crippen molar-refractivity contribution in [3.8, 4) is 5.69 Å². The van der Waals surface area contributed by atoms with Crippen LogP contribution in [-0.4, -0.2) is 45.5 Å². The number of rotatable bonds is 12. The first-order valence-corrected chi connectivity index (χ1v) is 16.8. The van der Waals surface area contributed by atoms with Crippen LogP contribution in [0.1, 0.15) is 76.1 Å². The number of hydrogen-bond acceptors (Lipinski definition) is 7. The maximum absolute atomic E-state index is 13.1. The number of allylic oxidation sites excluding steroid dienone is 2. The molecule has 3 saturated carbocycles. The third-order valence-corrected chi connectivity index (χ3v) is 10.3. The summed E-state index contributed by atoms with van der Waals surface area (Å²) in [5, 5.41) is 6.99. The lowest BCUT2D eigenvalue weighted by Gasteiger charge is -2.46. The van der Waals surface area contributed by atoms with E-state index in [9.17, 15) is 9.59 Å². The topological polar surface area (TPSA) is 98.1 Å². The summed E-state index contributed by atoms with van der Waals surface area (Å²) in [4.78, 5) is 35.9. The second kappa shape index (κ2) is 11.7. The SMILES string of the molecule is CCOC(=O)[C@H](Cc1ccc(-n2c(CC3CC3)nc3cc(NCC4CC4)cnc32)cc1)NC1=C(Br)C(=O)C12CCCCC2. The number of esters is 1. The number of halogens is 1. The quantitative estimate of drug-likeness (QED) is 0.220. The summed E-state index contributed by atoms with van der Waals surface area (Å²) in [5.41, 5.74) is 5.24. The zero-order valence-electron chi connectivity index (χ0n) is 24.8. The predicted octanol–water partition coefficient (Wildman–Crippen LogP) is 6.40. The summed E-state index contributed by atoms with van der Waals surface area (Å²) < 4.78 is 8.24. The van der Waals surface area contributed by atoms with Crippen LogP contribution in [0, 0.1) is 17.3 Å². The van der Waals surface area contributed by atoms with Crippen molar-refractivity contribution < 1.29 is 14.3 Å². The van der Waals surface area contributed by atoms with E-state index in [4.69, 9.17) is 14.7 Å². The summed E-state index contributed by atoms with van der Waals surface area (Å²) in [6.45, 7) is 3.13. The second-order valence-electron chi connectivity index (χ2n) is 12.9. The van der Waals surface area contributed by atoms with Crippen molar-refractivity contribution in [2.24, 2.45) is 17.3 Å². The fourth-order valence-corrected chi connectivity index (χ4v) is 7.60. The first kappa shape index (κ1) is 28.6. The highest BCUT2D eigenvalue weighted by molar-refractivity contribution is 9.12. The zero-order valence-corrected chi connectivity index (χ0v) is 26.4. The van der Waals surface area contributed by atoms with E-state index in [1.54, 1.807) is 0 Å². The molecular formula is C34H40BrN5O3. The van der Waals surface area contributed by atoms with Gasteiger partial charge in [-0.05, 0) is 97.0 Å². The molecule has 0 unspecified atom stereocenters. The third-order valence-electron chi connectivity index (χ3n) is 9.59. The standard InChI is InChI=1S/C34H40BrN5O3/c1-2-43-33(42)27(39-30-29(35)31(41)34(30)14-4-3-5-15-34)16-21-10-12-25(13-11-21)40-28(17-22-6-7-22)38-26-18-24(20-37-32(26)40)36-19-23-8-9-23/h10-13,18,20,22-23,27,36,39H,2-9,14-17,19H2,1H3/t27-/m0/s1. The molecule has 4 aliphatic carbocycles. The summed E-state index contributed by atoms with van der Waals surface area (Å²) in [7, 11) is 0. The number of benzene rings is 1. The number of hydrogen-bond donors (Lipinski definition) is 2. The Kier molecular flexibility index (Phi) is 7.78. The van der Waals surface area contributed by atoms with Crippen molar-refractivity contribution in [1.29, 1.82) is 0 Å². The first-order chi connectivity index (χ1) is 20.9. The Labute approximate surface area is 261 Å². The number of anilines is 1. The van der Waals surface area contributed by atoms with Gasteiger partial charge in [0.25, 0.3) is 0 Å². The molecule has 0 radical (unpaired) electrons. The number of nitrogens with one attached hydrogen (secondary N) is 2. The van der Waals surface area contributed by atoms with E-state index in [0.29, 0.717) is 23.4 Å². The van der Waals surface area contributed by atoms with E-state index in [-0.39, 0.29) is 11.8 Å². The minimum absolute atomic E-state index is 0.163. The molecular weight excluding hydrogens is 606 g/mol. The van der Waals surface area contributed by atoms with Crippen LogP contribution >= 0.6 is 15.9 Å². The maximum atomic E-state index is 13.1. The van der Waals surface area contributed by atoms with E-state index in [2.05, 4.69) is 61.5 Å². The van der Waals surface area contributed by atoms with Crippen LogP contribution in [0.25, 0.3) is 16.9 Å². The molecule has 7 rings (SSSR count). The van der Waals surface area contributed by atoms with Gasteiger partial charge in [0.05, 0.1) is 28.4 Å². The molecule has 1 atom stereocenters. The van der Waals surface area contributed by atoms with Crippen molar-refractivity contribution in [2.45, 2.75) is 83.6 Å². The Morgan fingerprint density at radius 1 is 1.12 bits per heavy atom. The van der Waals surface area contributed by atoms with Crippen LogP contribution in [0.5, 0.6) is 0 Å². The van der Waals surface area contributed by atoms with Gasteiger partial charge in [-0.25, -0.2) is 14.8 Å². The maximum Gasteiger partial charge on any atom is 0.328 e. The number of ether oxygens (including phenoxy) is 1. The van der Waals surface area contributed by atoms with Gasteiger partial charge in [-0.2, -0.15) is 0 Å². The first-order valence-electron chi connectivity index (χ1n) is 16.0. The second-order valence-corrected chi connectivity index (χ2v) is 13.7. The third kappa shape index (κ3) is 5.73. The average Bonchev–Trinajstić information content (AvgIpc) is 3.97. The molecule has 4 aliphatic rings. The molecule has 1 spiro atoms. The molecule has 0 aliphatic heterocycles. The van der Waals surface area contributed by atoms with Crippen LogP contribution in [-0.2, 0) is 27.2 Å². The minimum atomic E-state index is -0.581. The molecule has 1 aromatic carbocycles. The van der Waals surface area contributed by atoms with Gasteiger partial charge >= 0.3 is 5.97 Å². The summed E-state index contributed by atoms with van der Waals surface area (Å²) >= 11 is 3.50. The molecule has 8 nitrogen and oxygen atoms in total. The molecule has 0 saturated heterocycles. The van der Waals surface area contributed by atoms with Crippen molar-refractivity contribution in [2.75, 3.05) is 18.5 Å². The molecule has 3 fully saturated rings. The van der Waals surface area contributed by atoms with Gasteiger partial charge in [0.2, 0.25) is 0 Å². The molecule has 226 valence electrons. The Bertz CT molecular complexity index is 1560. The van der Waals surface area contributed by atoms with E-state index < -0.39 is 11.5 Å². The number of carbonyl (C=O) groups is 2. The Morgan fingerprint density at radius 2 is 1.86 bits per heavy atom. The zero-order chi connectivity index (χ0) is 29.6. The van der Waals surface area contributed by atoms with Crippen molar-refractivity contribution in [1.82, 2.24) is 19.9 Å². The molecule has 0 amide bonds. The number of ketones is 1. The van der Waals surface area contributed by atoms with Gasteiger partial charge in [-0.3, -0.25) is 9.36 Å². The van der Waals surface area contributed by atoms with Gasteiger partial charge in [-0.1, -0.05) is 31.4 Å². The molecule has 43 heavy (non-hydrogen) atoms. The van der Waals surface area contributed by atoms with Crippen LogP contribution in [0.3, 0.4) is 0 Å². The number of imidazole rings is 1. The van der Waals surface area contributed by atoms with E-state index in [1.807, 2.05) is 13.1 Å². The fourth-order valence-electron chi connectivity index (χ4n) is 6.73. The smallest absolute Gasteiger partial charge is 0.328 e. The Hall–Kier alpha value is -3.20. The number of pyridine rings is 1. The van der Waals surface area contributed by atoms with Crippen molar-refractivity contribution in [3.05, 3.63) is 58.1 Å². The highest BCUT2D eigenvalue weighted by Crippen LogP contribution is 2.53. The summed E-state index contributed by atoms with van der Waals surface area (Å²) in [6.07, 6.45) is 13.3. The van der Waals surface area contributed by atoms with Crippen molar-refractivity contribution in [3.63, 3.8) is 0 Å². The lowest BCUT2D eigenvalue weighted by Crippen LogP contribution is -2.53. The molecule has 2 heterocycles. The van der Waals surface area contributed by atoms with Gasteiger partial charge < -0.3 is 15.4 Å². The van der Waals surface area contributed by atoms with Gasteiger partial charge in [-0.15, -0.1) is 0 Å². The Morgan fingerprint density at radius 3 is 2.56 bits per heavy atom. The normalized spacial score (nSPS) is 20.3. The number of Topliss-reactive ketones (excluding diaryl/α,β-unsaturated/α-hetero) is 1. The molecule has 0 bridgehead atoms. The molecule has 2 N–H and O–H groups in total. The van der Waals surface area contributed by atoms with Crippen molar-refractivity contribution >= 4 is 44.5 Å². The van der Waals surface area contributed by atoms with E-state index in [0.717, 1.165) is 90.6 Å². The van der Waals surface area contributed by atoms with Crippen LogP contribution in [0.4, 0.5) is 5.69 Å². The van der Waals surface area contributed by atoms with Gasteiger partial charge in [0, 0.05) is 30.8 Å². The van der Waals surface area contributed by atoms with Crippen LogP contribution in [0.15, 0.2) is 46.7 Å². The number of fused-ring (bicyclic) bond motifs is 1. The molecule has 2 aromatic heterocycles. The molecule has 9 heteroatoms. The lowest BCUT2D eigenvalue weighted by molar-refractivity contribution is -0.146. The summed E-state index contributed by atoms with van der Waals surface area (Å²) in [6, 6.07) is 9.89. The number of carbonyl (C=O) groups excluding carboxylic acids is 2. The van der Waals surface area contributed by atoms with Gasteiger partial charge in [0.15, 0.2) is 11.4 Å². The van der Waals surface area contributed by atoms with Crippen LogP contribution < -0.4 is 10.6 Å². The fraction of sp³-hybridized carbons (Fsp3) is 0.529. The number of nitrogens with zero attached hydrogens (tertiary/aromatic N) is 3. The molecule has 3 aromatic rings. The predicted molar refractivity (Wildman–Crippen MR) is 170 cm³/mol. The average molecular weight is 647 g/mol. The van der Waals surface area contributed by atoms with Gasteiger partial charge in [0.1, 0.15) is 17.4 Å². The van der Waals surface area contributed by atoms with Crippen LogP contribution in [0.2, 0.25) is 0 Å². The lowest BCUT2D eigenvalue weighted by atomic mass is 9.62. The number of aromatic nitrogens is 3. The Balaban J connectivity index is 1.13. The largest absolute Gasteiger partial charge is 0.464 e. The monoisotopic (exact) mass is 645 g/mol. The summed E-state index contributed by atoms with van der Waals surface area (Å²) in [5.74, 6) is 2.40. The highest BCUT2D eigenvalue weighted by atomic mass is 79.9. The highest BCUT2D eigenvalue weighted by Gasteiger charge is 2.53. The minimum Gasteiger partial charge on any atom is -0.464 e. The van der Waals surface area contributed by atoms with E-state index >= 15 is 0 Å².